The fourth-order valence-electron chi connectivity index (χ4n) is 2.34. The minimum atomic E-state index is 0.190. The van der Waals surface area contributed by atoms with Gasteiger partial charge in [-0.25, -0.2) is 4.99 Å². The van der Waals surface area contributed by atoms with Gasteiger partial charge in [-0.3, -0.25) is 4.68 Å². The Morgan fingerprint density at radius 3 is 2.68 bits per heavy atom. The highest BCUT2D eigenvalue weighted by atomic mass is 16.5. The minimum Gasteiger partial charge on any atom is -0.491 e. The second-order valence-corrected chi connectivity index (χ2v) is 6.06. The van der Waals surface area contributed by atoms with E-state index in [2.05, 4.69) is 39.8 Å². The summed E-state index contributed by atoms with van der Waals surface area (Å²) < 4.78 is 7.60. The van der Waals surface area contributed by atoms with Gasteiger partial charge in [0.1, 0.15) is 5.75 Å². The van der Waals surface area contributed by atoms with E-state index >= 15 is 0 Å². The summed E-state index contributed by atoms with van der Waals surface area (Å²) in [5, 5.41) is 10.8. The normalized spacial score (nSPS) is 11.6. The molecule has 0 radical (unpaired) electrons. The van der Waals surface area contributed by atoms with Crippen molar-refractivity contribution in [2.75, 3.05) is 13.1 Å². The molecule has 2 aromatic rings. The highest BCUT2D eigenvalue weighted by molar-refractivity contribution is 5.79. The molecule has 1 aromatic carbocycles. The Morgan fingerprint density at radius 2 is 2.04 bits per heavy atom. The van der Waals surface area contributed by atoms with Crippen molar-refractivity contribution in [1.29, 1.82) is 0 Å². The SMILES string of the molecule is CCNC(=NCc1ccc(OC(C)C)cc1)NCCCn1cccn1. The number of guanidine groups is 1. The Kier molecular flexibility index (Phi) is 7.82. The molecule has 0 saturated heterocycles. The molecule has 6 nitrogen and oxygen atoms in total. The molecule has 1 aromatic heterocycles. The van der Waals surface area contributed by atoms with Crippen molar-refractivity contribution in [3.63, 3.8) is 0 Å². The molecule has 0 aliphatic carbocycles. The molecule has 0 unspecified atom stereocenters. The summed E-state index contributed by atoms with van der Waals surface area (Å²) >= 11 is 0. The zero-order chi connectivity index (χ0) is 17.9. The van der Waals surface area contributed by atoms with Gasteiger partial charge in [0.2, 0.25) is 0 Å². The van der Waals surface area contributed by atoms with Crippen LogP contribution in [-0.4, -0.2) is 34.9 Å². The summed E-state index contributed by atoms with van der Waals surface area (Å²) in [6.07, 6.45) is 4.96. The number of aryl methyl sites for hydroxylation is 1. The van der Waals surface area contributed by atoms with Gasteiger partial charge in [-0.1, -0.05) is 12.1 Å². The number of benzene rings is 1. The molecule has 0 spiro atoms. The fraction of sp³-hybridized carbons (Fsp3) is 0.474. The molecular formula is C19H29N5O. The van der Waals surface area contributed by atoms with Gasteiger partial charge in [-0.15, -0.1) is 0 Å². The van der Waals surface area contributed by atoms with E-state index in [1.807, 2.05) is 42.9 Å². The van der Waals surface area contributed by atoms with Gasteiger partial charge in [0.25, 0.3) is 0 Å². The zero-order valence-corrected chi connectivity index (χ0v) is 15.4. The molecule has 2 rings (SSSR count). The molecule has 0 aliphatic rings. The summed E-state index contributed by atoms with van der Waals surface area (Å²) in [4.78, 5) is 4.64. The van der Waals surface area contributed by atoms with Gasteiger partial charge >= 0.3 is 0 Å². The van der Waals surface area contributed by atoms with Crippen LogP contribution < -0.4 is 15.4 Å². The second kappa shape index (κ2) is 10.4. The first-order valence-corrected chi connectivity index (χ1v) is 8.92. The van der Waals surface area contributed by atoms with E-state index in [-0.39, 0.29) is 6.10 Å². The summed E-state index contributed by atoms with van der Waals surface area (Å²) in [6.45, 7) is 9.35. The van der Waals surface area contributed by atoms with E-state index in [0.717, 1.165) is 43.3 Å². The van der Waals surface area contributed by atoms with Crippen LogP contribution in [0.15, 0.2) is 47.7 Å². The molecule has 0 aliphatic heterocycles. The molecule has 1 heterocycles. The predicted molar refractivity (Wildman–Crippen MR) is 102 cm³/mol. The average Bonchev–Trinajstić information content (AvgIpc) is 3.10. The summed E-state index contributed by atoms with van der Waals surface area (Å²) in [6, 6.07) is 10.0. The van der Waals surface area contributed by atoms with Crippen LogP contribution in [-0.2, 0) is 13.1 Å². The smallest absolute Gasteiger partial charge is 0.191 e. The highest BCUT2D eigenvalue weighted by Crippen LogP contribution is 2.14. The predicted octanol–water partition coefficient (Wildman–Crippen LogP) is 2.82. The molecule has 0 amide bonds. The van der Waals surface area contributed by atoms with E-state index in [1.54, 1.807) is 6.20 Å². The molecule has 136 valence electrons. The maximum Gasteiger partial charge on any atom is 0.191 e. The van der Waals surface area contributed by atoms with E-state index in [1.165, 1.54) is 0 Å². The Balaban J connectivity index is 1.79. The first-order chi connectivity index (χ1) is 12.2. The van der Waals surface area contributed by atoms with Crippen molar-refractivity contribution in [2.24, 2.45) is 4.99 Å². The Morgan fingerprint density at radius 1 is 1.24 bits per heavy atom. The van der Waals surface area contributed by atoms with Crippen molar-refractivity contribution in [3.05, 3.63) is 48.3 Å². The first kappa shape index (κ1) is 18.8. The van der Waals surface area contributed by atoms with Crippen molar-refractivity contribution in [2.45, 2.75) is 46.4 Å². The zero-order valence-electron chi connectivity index (χ0n) is 15.4. The van der Waals surface area contributed by atoms with E-state index in [9.17, 15) is 0 Å². The standard InChI is InChI=1S/C19H29N5O/c1-4-20-19(21-11-5-13-24-14-6-12-23-24)22-15-17-7-9-18(10-8-17)25-16(2)3/h6-10,12,14,16H,4-5,11,13,15H2,1-3H3,(H2,20,21,22). The van der Waals surface area contributed by atoms with Crippen LogP contribution in [0.2, 0.25) is 0 Å². The van der Waals surface area contributed by atoms with Crippen LogP contribution in [0.25, 0.3) is 0 Å². The van der Waals surface area contributed by atoms with Gasteiger partial charge in [0.15, 0.2) is 5.96 Å². The van der Waals surface area contributed by atoms with Gasteiger partial charge in [0, 0.05) is 32.0 Å². The lowest BCUT2D eigenvalue weighted by atomic mass is 10.2. The maximum atomic E-state index is 5.66. The lowest BCUT2D eigenvalue weighted by Gasteiger charge is -2.12. The molecule has 25 heavy (non-hydrogen) atoms. The maximum absolute atomic E-state index is 5.66. The van der Waals surface area contributed by atoms with Gasteiger partial charge < -0.3 is 15.4 Å². The molecule has 0 fully saturated rings. The lowest BCUT2D eigenvalue weighted by molar-refractivity contribution is 0.242. The number of hydrogen-bond acceptors (Lipinski definition) is 3. The van der Waals surface area contributed by atoms with Gasteiger partial charge in [-0.2, -0.15) is 5.10 Å². The van der Waals surface area contributed by atoms with Gasteiger partial charge in [-0.05, 0) is 51.0 Å². The third-order valence-corrected chi connectivity index (χ3v) is 3.47. The van der Waals surface area contributed by atoms with Crippen LogP contribution >= 0.6 is 0 Å². The van der Waals surface area contributed by atoms with Crippen molar-refractivity contribution in [3.8, 4) is 5.75 Å². The second-order valence-electron chi connectivity index (χ2n) is 6.06. The van der Waals surface area contributed by atoms with Crippen LogP contribution in [0.3, 0.4) is 0 Å². The Hall–Kier alpha value is -2.50. The molecule has 6 heteroatoms. The Labute approximate surface area is 150 Å². The molecular weight excluding hydrogens is 314 g/mol. The largest absolute Gasteiger partial charge is 0.491 e. The molecule has 0 bridgehead atoms. The average molecular weight is 343 g/mol. The van der Waals surface area contributed by atoms with Crippen molar-refractivity contribution in [1.82, 2.24) is 20.4 Å². The topological polar surface area (TPSA) is 63.5 Å². The van der Waals surface area contributed by atoms with Crippen molar-refractivity contribution >= 4 is 5.96 Å². The van der Waals surface area contributed by atoms with E-state index in [4.69, 9.17) is 4.74 Å². The van der Waals surface area contributed by atoms with Crippen LogP contribution in [0, 0.1) is 0 Å². The van der Waals surface area contributed by atoms with Gasteiger partial charge in [0.05, 0.1) is 12.6 Å². The highest BCUT2D eigenvalue weighted by Gasteiger charge is 2.00. The van der Waals surface area contributed by atoms with E-state index in [0.29, 0.717) is 6.54 Å². The minimum absolute atomic E-state index is 0.190. The van der Waals surface area contributed by atoms with Crippen molar-refractivity contribution < 1.29 is 4.74 Å². The van der Waals surface area contributed by atoms with Crippen LogP contribution in [0.5, 0.6) is 5.75 Å². The third-order valence-electron chi connectivity index (χ3n) is 3.47. The summed E-state index contributed by atoms with van der Waals surface area (Å²) in [5.74, 6) is 1.73. The van der Waals surface area contributed by atoms with Crippen LogP contribution in [0.4, 0.5) is 0 Å². The monoisotopic (exact) mass is 343 g/mol. The number of ether oxygens (including phenoxy) is 1. The number of rotatable bonds is 9. The van der Waals surface area contributed by atoms with E-state index < -0.39 is 0 Å². The summed E-state index contributed by atoms with van der Waals surface area (Å²) in [7, 11) is 0. The fourth-order valence-corrected chi connectivity index (χ4v) is 2.34. The number of aliphatic imine (C=N–C) groups is 1. The summed E-state index contributed by atoms with van der Waals surface area (Å²) in [5.41, 5.74) is 1.16. The molecule has 0 atom stereocenters. The number of nitrogens with zero attached hydrogens (tertiary/aromatic N) is 3. The van der Waals surface area contributed by atoms with Crippen LogP contribution in [0.1, 0.15) is 32.8 Å². The number of nitrogens with one attached hydrogen (secondary N) is 2. The Bertz CT molecular complexity index is 620. The quantitative estimate of drug-likeness (QED) is 0.417. The number of aromatic nitrogens is 2. The molecule has 2 N–H and O–H groups in total. The molecule has 0 saturated carbocycles. The number of hydrogen-bond donors (Lipinski definition) is 2. The lowest BCUT2D eigenvalue weighted by Crippen LogP contribution is -2.38. The third kappa shape index (κ3) is 7.28. The first-order valence-electron chi connectivity index (χ1n) is 8.92.